The van der Waals surface area contributed by atoms with Crippen LogP contribution in [0.4, 0.5) is 23.2 Å². The van der Waals surface area contributed by atoms with Gasteiger partial charge in [-0.3, -0.25) is 4.79 Å². The first-order valence-electron chi connectivity index (χ1n) is 8.13. The number of anilines is 1. The summed E-state index contributed by atoms with van der Waals surface area (Å²) in [5.41, 5.74) is -1.79. The van der Waals surface area contributed by atoms with Crippen LogP contribution < -0.4 is 10.0 Å². The Bertz CT molecular complexity index is 1040. The van der Waals surface area contributed by atoms with Crippen molar-refractivity contribution >= 4 is 33.0 Å². The summed E-state index contributed by atoms with van der Waals surface area (Å²) in [7, 11) is -4.44. The van der Waals surface area contributed by atoms with Crippen molar-refractivity contribution in [3.8, 4) is 0 Å². The Hall–Kier alpha value is -1.98. The minimum atomic E-state index is -4.69. The van der Waals surface area contributed by atoms with Crippen LogP contribution in [0.5, 0.6) is 0 Å². The van der Waals surface area contributed by atoms with Crippen LogP contribution in [0.1, 0.15) is 33.6 Å². The van der Waals surface area contributed by atoms with Crippen molar-refractivity contribution < 1.29 is 30.8 Å². The van der Waals surface area contributed by atoms with E-state index in [2.05, 4.69) is 5.32 Å². The summed E-state index contributed by atoms with van der Waals surface area (Å²) in [5.74, 6) is -1.08. The summed E-state index contributed by atoms with van der Waals surface area (Å²) in [6.07, 6.45) is -5.33. The lowest BCUT2D eigenvalue weighted by atomic mass is 10.2. The maximum Gasteiger partial charge on any atom is 0.407 e. The Balaban J connectivity index is 1.82. The highest BCUT2D eigenvalue weighted by molar-refractivity contribution is 7.91. The summed E-state index contributed by atoms with van der Waals surface area (Å²) in [6, 6.07) is 4.98. The molecule has 0 spiro atoms. The molecule has 2 aromatic rings. The fourth-order valence-corrected chi connectivity index (χ4v) is 5.50. The Labute approximate surface area is 162 Å². The van der Waals surface area contributed by atoms with Crippen molar-refractivity contribution in [3.63, 3.8) is 0 Å². The van der Waals surface area contributed by atoms with E-state index in [0.717, 1.165) is 6.07 Å². The van der Waals surface area contributed by atoms with E-state index in [4.69, 9.17) is 0 Å². The molecular formula is C17H16F4N2O3S2. The van der Waals surface area contributed by atoms with Crippen LogP contribution in [0, 0.1) is 19.7 Å². The first-order chi connectivity index (χ1) is 12.8. The molecule has 0 atom stereocenters. The SMILES string of the molecule is Cc1cc(NC(=O)c2cc(S(=O)(=O)NC3(C(F)(F)F)CC3)sc2C)ccc1F. The highest BCUT2D eigenvalue weighted by Crippen LogP contribution is 2.50. The predicted octanol–water partition coefficient (Wildman–Crippen LogP) is 4.13. The summed E-state index contributed by atoms with van der Waals surface area (Å²) in [4.78, 5) is 12.8. The second-order valence-corrected chi connectivity index (χ2v) is 9.80. The fourth-order valence-electron chi connectivity index (χ4n) is 2.61. The van der Waals surface area contributed by atoms with Crippen LogP contribution in [0.2, 0.25) is 0 Å². The van der Waals surface area contributed by atoms with Gasteiger partial charge in [0.25, 0.3) is 15.9 Å². The van der Waals surface area contributed by atoms with Crippen LogP contribution in [-0.4, -0.2) is 26.0 Å². The molecule has 152 valence electrons. The zero-order valence-corrected chi connectivity index (χ0v) is 16.4. The first kappa shape index (κ1) is 20.7. The summed E-state index contributed by atoms with van der Waals surface area (Å²) >= 11 is 0.706. The van der Waals surface area contributed by atoms with E-state index in [0.29, 0.717) is 27.5 Å². The zero-order valence-electron chi connectivity index (χ0n) is 14.8. The minimum Gasteiger partial charge on any atom is -0.322 e. The molecule has 2 N–H and O–H groups in total. The number of sulfonamides is 1. The molecule has 0 bridgehead atoms. The lowest BCUT2D eigenvalue weighted by molar-refractivity contribution is -0.160. The van der Waals surface area contributed by atoms with E-state index >= 15 is 0 Å². The minimum absolute atomic E-state index is 0.0178. The number of amides is 1. The third kappa shape index (κ3) is 3.91. The van der Waals surface area contributed by atoms with Crippen molar-refractivity contribution in [2.24, 2.45) is 0 Å². The monoisotopic (exact) mass is 436 g/mol. The predicted molar refractivity (Wildman–Crippen MR) is 96.5 cm³/mol. The van der Waals surface area contributed by atoms with Gasteiger partial charge in [-0.2, -0.15) is 17.9 Å². The molecule has 1 aromatic carbocycles. The van der Waals surface area contributed by atoms with Crippen molar-refractivity contribution in [3.05, 3.63) is 46.1 Å². The van der Waals surface area contributed by atoms with Gasteiger partial charge in [-0.05, 0) is 56.5 Å². The molecule has 1 fully saturated rings. The van der Waals surface area contributed by atoms with Crippen molar-refractivity contribution in [1.29, 1.82) is 0 Å². The molecule has 3 rings (SSSR count). The van der Waals surface area contributed by atoms with Crippen molar-refractivity contribution in [1.82, 2.24) is 4.72 Å². The number of alkyl halides is 3. The number of hydrogen-bond acceptors (Lipinski definition) is 4. The molecule has 0 saturated heterocycles. The van der Waals surface area contributed by atoms with E-state index < -0.39 is 33.5 Å². The molecule has 0 unspecified atom stereocenters. The molecule has 1 amide bonds. The van der Waals surface area contributed by atoms with Crippen LogP contribution in [0.25, 0.3) is 0 Å². The van der Waals surface area contributed by atoms with E-state index in [-0.39, 0.29) is 22.6 Å². The van der Waals surface area contributed by atoms with Gasteiger partial charge >= 0.3 is 6.18 Å². The van der Waals surface area contributed by atoms with Gasteiger partial charge in [0.1, 0.15) is 15.6 Å². The number of carbonyl (C=O) groups excluding carboxylic acids is 1. The Morgan fingerprint density at radius 1 is 1.18 bits per heavy atom. The van der Waals surface area contributed by atoms with Crippen molar-refractivity contribution in [2.75, 3.05) is 5.32 Å². The highest BCUT2D eigenvalue weighted by Gasteiger charge is 2.65. The number of hydrogen-bond donors (Lipinski definition) is 2. The topological polar surface area (TPSA) is 75.3 Å². The molecule has 28 heavy (non-hydrogen) atoms. The van der Waals surface area contributed by atoms with E-state index in [1.807, 2.05) is 0 Å². The second-order valence-electron chi connectivity index (χ2n) is 6.64. The molecule has 0 radical (unpaired) electrons. The molecule has 5 nitrogen and oxygen atoms in total. The number of nitrogens with one attached hydrogen (secondary N) is 2. The average molecular weight is 436 g/mol. The third-order valence-electron chi connectivity index (χ3n) is 4.44. The molecule has 11 heteroatoms. The second kappa shape index (κ2) is 6.82. The molecule has 1 heterocycles. The molecular weight excluding hydrogens is 420 g/mol. The third-order valence-corrected chi connectivity index (χ3v) is 7.50. The van der Waals surface area contributed by atoms with Crippen LogP contribution in [0.3, 0.4) is 0 Å². The average Bonchev–Trinajstić information content (AvgIpc) is 3.23. The van der Waals surface area contributed by atoms with Gasteiger partial charge in [-0.25, -0.2) is 12.8 Å². The van der Waals surface area contributed by atoms with Crippen LogP contribution in [-0.2, 0) is 10.0 Å². The summed E-state index contributed by atoms with van der Waals surface area (Å²) < 4.78 is 78.6. The van der Waals surface area contributed by atoms with Crippen LogP contribution >= 0.6 is 11.3 Å². The maximum atomic E-state index is 13.3. The molecule has 1 saturated carbocycles. The zero-order chi connectivity index (χ0) is 20.9. The largest absolute Gasteiger partial charge is 0.407 e. The van der Waals surface area contributed by atoms with Gasteiger partial charge in [0.2, 0.25) is 0 Å². The first-order valence-corrected chi connectivity index (χ1v) is 10.4. The van der Waals surface area contributed by atoms with Crippen molar-refractivity contribution in [2.45, 2.75) is 42.6 Å². The van der Waals surface area contributed by atoms with Gasteiger partial charge in [-0.1, -0.05) is 0 Å². The maximum absolute atomic E-state index is 13.3. The summed E-state index contributed by atoms with van der Waals surface area (Å²) in [5, 5.41) is 2.52. The number of benzene rings is 1. The Morgan fingerprint density at radius 2 is 1.82 bits per heavy atom. The molecule has 1 aliphatic rings. The number of thiophene rings is 1. The number of rotatable bonds is 5. The highest BCUT2D eigenvalue weighted by atomic mass is 32.2. The van der Waals surface area contributed by atoms with Crippen LogP contribution in [0.15, 0.2) is 28.5 Å². The summed E-state index contributed by atoms with van der Waals surface area (Å²) in [6.45, 7) is 3.01. The Morgan fingerprint density at radius 3 is 2.36 bits per heavy atom. The van der Waals surface area contributed by atoms with Gasteiger partial charge in [-0.15, -0.1) is 11.3 Å². The van der Waals surface area contributed by atoms with Gasteiger partial charge < -0.3 is 5.32 Å². The smallest absolute Gasteiger partial charge is 0.322 e. The lowest BCUT2D eigenvalue weighted by Crippen LogP contribution is -2.47. The molecule has 0 aliphatic heterocycles. The quantitative estimate of drug-likeness (QED) is 0.692. The normalized spacial score (nSPS) is 16.1. The van der Waals surface area contributed by atoms with Gasteiger partial charge in [0, 0.05) is 10.6 Å². The Kier molecular flexibility index (Phi) is 5.05. The standard InChI is InChI=1S/C17H16F4N2O3S2/c1-9-7-11(3-4-13(9)18)22-15(24)12-8-14(27-10(12)2)28(25,26)23-16(5-6-16)17(19,20)21/h3-4,7-8,23H,5-6H2,1-2H3,(H,22,24). The fraction of sp³-hybridized carbons (Fsp3) is 0.353. The number of halogens is 4. The van der Waals surface area contributed by atoms with E-state index in [1.165, 1.54) is 32.0 Å². The lowest BCUT2D eigenvalue weighted by Gasteiger charge is -2.19. The number of carbonyl (C=O) groups is 1. The number of aryl methyl sites for hydroxylation is 2. The van der Waals surface area contributed by atoms with Gasteiger partial charge in [0.15, 0.2) is 0 Å². The van der Waals surface area contributed by atoms with Gasteiger partial charge in [0.05, 0.1) is 5.56 Å². The molecule has 1 aliphatic carbocycles. The van der Waals surface area contributed by atoms with E-state index in [1.54, 1.807) is 4.72 Å². The molecule has 1 aromatic heterocycles. The van der Waals surface area contributed by atoms with E-state index in [9.17, 15) is 30.8 Å².